The summed E-state index contributed by atoms with van der Waals surface area (Å²) < 4.78 is 2.96. The summed E-state index contributed by atoms with van der Waals surface area (Å²) in [7, 11) is 0. The summed E-state index contributed by atoms with van der Waals surface area (Å²) in [5.41, 5.74) is 1.20. The van der Waals surface area contributed by atoms with Crippen molar-refractivity contribution in [2.24, 2.45) is 5.92 Å². The summed E-state index contributed by atoms with van der Waals surface area (Å²) in [5, 5.41) is 4.61. The van der Waals surface area contributed by atoms with Crippen LogP contribution in [0, 0.1) is 12.8 Å². The first-order valence-electron chi connectivity index (χ1n) is 8.95. The SMILES string of the molecule is Cc1ccc(Cn2nc3n(c(=O)c2=O)CC2CN(C(C)C)CC32)cc1. The normalized spacial score (nSPS) is 22.4. The van der Waals surface area contributed by atoms with Gasteiger partial charge >= 0.3 is 11.1 Å². The molecule has 2 aliphatic heterocycles. The Labute approximate surface area is 146 Å². The van der Waals surface area contributed by atoms with Crippen LogP contribution in [0.5, 0.6) is 0 Å². The maximum Gasteiger partial charge on any atom is 0.332 e. The Bertz CT molecular complexity index is 911. The second-order valence-electron chi connectivity index (χ2n) is 7.64. The molecule has 0 N–H and O–H groups in total. The summed E-state index contributed by atoms with van der Waals surface area (Å²) >= 11 is 0. The van der Waals surface area contributed by atoms with Crippen LogP contribution >= 0.6 is 0 Å². The molecule has 1 fully saturated rings. The zero-order chi connectivity index (χ0) is 17.7. The summed E-state index contributed by atoms with van der Waals surface area (Å²) in [6.45, 7) is 9.26. The Hall–Kier alpha value is -2.21. The predicted octanol–water partition coefficient (Wildman–Crippen LogP) is 1.20. The lowest BCUT2D eigenvalue weighted by molar-refractivity contribution is 0.256. The lowest BCUT2D eigenvalue weighted by Crippen LogP contribution is -2.44. The van der Waals surface area contributed by atoms with Gasteiger partial charge < -0.3 is 0 Å². The Morgan fingerprint density at radius 3 is 2.48 bits per heavy atom. The van der Waals surface area contributed by atoms with Crippen molar-refractivity contribution in [2.75, 3.05) is 13.1 Å². The molecule has 6 nitrogen and oxygen atoms in total. The lowest BCUT2D eigenvalue weighted by atomic mass is 10.00. The molecule has 0 aliphatic carbocycles. The van der Waals surface area contributed by atoms with Gasteiger partial charge in [0.25, 0.3) is 0 Å². The van der Waals surface area contributed by atoms with Crippen molar-refractivity contribution in [1.29, 1.82) is 0 Å². The van der Waals surface area contributed by atoms with Crippen LogP contribution in [0.25, 0.3) is 0 Å². The van der Waals surface area contributed by atoms with Gasteiger partial charge in [0.05, 0.1) is 6.54 Å². The van der Waals surface area contributed by atoms with Gasteiger partial charge in [-0.1, -0.05) is 29.8 Å². The second-order valence-corrected chi connectivity index (χ2v) is 7.64. The summed E-state index contributed by atoms with van der Waals surface area (Å²) in [4.78, 5) is 27.4. The van der Waals surface area contributed by atoms with E-state index < -0.39 is 11.1 Å². The molecule has 0 saturated carbocycles. The molecule has 0 bridgehead atoms. The molecule has 0 radical (unpaired) electrons. The van der Waals surface area contributed by atoms with E-state index in [9.17, 15) is 9.59 Å². The minimum Gasteiger partial charge on any atom is -0.300 e. The zero-order valence-corrected chi connectivity index (χ0v) is 15.0. The molecule has 3 heterocycles. The van der Waals surface area contributed by atoms with E-state index in [2.05, 4.69) is 23.8 Å². The number of aryl methyl sites for hydroxylation is 1. The molecule has 1 saturated heterocycles. The van der Waals surface area contributed by atoms with E-state index >= 15 is 0 Å². The van der Waals surface area contributed by atoms with E-state index in [0.717, 1.165) is 24.5 Å². The first-order chi connectivity index (χ1) is 11.9. The van der Waals surface area contributed by atoms with Gasteiger partial charge in [-0.15, -0.1) is 0 Å². The third-order valence-electron chi connectivity index (χ3n) is 5.56. The minimum absolute atomic E-state index is 0.250. The predicted molar refractivity (Wildman–Crippen MR) is 96.0 cm³/mol. The lowest BCUT2D eigenvalue weighted by Gasteiger charge is -2.21. The van der Waals surface area contributed by atoms with Gasteiger partial charge in [-0.3, -0.25) is 19.1 Å². The van der Waals surface area contributed by atoms with Crippen LogP contribution < -0.4 is 11.1 Å². The quantitative estimate of drug-likeness (QED) is 0.788. The standard InChI is InChI=1S/C19H24N4O2/c1-12(2)21-9-15-10-22-17(16(15)11-21)20-23(19(25)18(22)24)8-14-6-4-13(3)5-7-14/h4-7,12,15-16H,8-11H2,1-3H3. The van der Waals surface area contributed by atoms with Crippen molar-refractivity contribution in [3.63, 3.8) is 0 Å². The van der Waals surface area contributed by atoms with Crippen LogP contribution in [-0.4, -0.2) is 38.4 Å². The summed E-state index contributed by atoms with van der Waals surface area (Å²) in [6.07, 6.45) is 0. The molecule has 1 aromatic carbocycles. The van der Waals surface area contributed by atoms with Crippen molar-refractivity contribution in [1.82, 2.24) is 19.2 Å². The molecule has 2 aliphatic rings. The van der Waals surface area contributed by atoms with Crippen LogP contribution in [0.2, 0.25) is 0 Å². The van der Waals surface area contributed by atoms with E-state index in [1.54, 1.807) is 4.57 Å². The first-order valence-corrected chi connectivity index (χ1v) is 8.95. The van der Waals surface area contributed by atoms with Crippen molar-refractivity contribution in [3.05, 3.63) is 61.9 Å². The summed E-state index contributed by atoms with van der Waals surface area (Å²) in [5.74, 6) is 1.42. The highest BCUT2D eigenvalue weighted by atomic mass is 16.2. The number of hydrogen-bond acceptors (Lipinski definition) is 4. The maximum atomic E-state index is 12.5. The van der Waals surface area contributed by atoms with Crippen LogP contribution in [0.1, 0.15) is 36.7 Å². The molecular formula is C19H24N4O2. The second kappa shape index (κ2) is 5.95. The topological polar surface area (TPSA) is 60.1 Å². The number of hydrogen-bond donors (Lipinski definition) is 0. The van der Waals surface area contributed by atoms with Gasteiger partial charge in [-0.2, -0.15) is 5.10 Å². The molecule has 2 aromatic rings. The monoisotopic (exact) mass is 340 g/mol. The maximum absolute atomic E-state index is 12.5. The van der Waals surface area contributed by atoms with Crippen molar-refractivity contribution >= 4 is 0 Å². The zero-order valence-electron chi connectivity index (χ0n) is 15.0. The summed E-state index contributed by atoms with van der Waals surface area (Å²) in [6, 6.07) is 8.46. The van der Waals surface area contributed by atoms with Gasteiger partial charge in [-0.05, 0) is 26.3 Å². The van der Waals surface area contributed by atoms with E-state index in [0.29, 0.717) is 25.0 Å². The number of nitrogens with zero attached hydrogens (tertiary/aromatic N) is 4. The molecule has 2 unspecified atom stereocenters. The fraction of sp³-hybridized carbons (Fsp3) is 0.526. The minimum atomic E-state index is -0.523. The van der Waals surface area contributed by atoms with E-state index in [1.165, 1.54) is 10.2 Å². The molecule has 2 atom stereocenters. The Morgan fingerprint density at radius 2 is 1.80 bits per heavy atom. The molecule has 132 valence electrons. The molecule has 25 heavy (non-hydrogen) atoms. The fourth-order valence-electron chi connectivity index (χ4n) is 4.02. The smallest absolute Gasteiger partial charge is 0.300 e. The third kappa shape index (κ3) is 2.74. The van der Waals surface area contributed by atoms with Crippen LogP contribution in [0.15, 0.2) is 33.9 Å². The van der Waals surface area contributed by atoms with Gasteiger partial charge in [0, 0.05) is 37.5 Å². The van der Waals surface area contributed by atoms with E-state index in [1.807, 2.05) is 31.2 Å². The van der Waals surface area contributed by atoms with Gasteiger partial charge in [0.15, 0.2) is 0 Å². The number of benzene rings is 1. The highest BCUT2D eigenvalue weighted by molar-refractivity contribution is 5.21. The molecular weight excluding hydrogens is 316 g/mol. The largest absolute Gasteiger partial charge is 0.332 e. The number of likely N-dealkylation sites (tertiary alicyclic amines) is 1. The van der Waals surface area contributed by atoms with Gasteiger partial charge in [0.2, 0.25) is 0 Å². The van der Waals surface area contributed by atoms with Crippen LogP contribution in [0.3, 0.4) is 0 Å². The third-order valence-corrected chi connectivity index (χ3v) is 5.56. The van der Waals surface area contributed by atoms with E-state index in [4.69, 9.17) is 0 Å². The fourth-order valence-corrected chi connectivity index (χ4v) is 4.02. The van der Waals surface area contributed by atoms with Crippen LogP contribution in [-0.2, 0) is 13.1 Å². The van der Waals surface area contributed by atoms with Crippen molar-refractivity contribution in [3.8, 4) is 0 Å². The van der Waals surface area contributed by atoms with Crippen molar-refractivity contribution < 1.29 is 0 Å². The highest BCUT2D eigenvalue weighted by Gasteiger charge is 2.43. The Balaban J connectivity index is 1.70. The Morgan fingerprint density at radius 1 is 1.08 bits per heavy atom. The van der Waals surface area contributed by atoms with E-state index in [-0.39, 0.29) is 5.92 Å². The average molecular weight is 340 g/mol. The van der Waals surface area contributed by atoms with Crippen molar-refractivity contribution in [2.45, 2.75) is 45.8 Å². The van der Waals surface area contributed by atoms with Gasteiger partial charge in [0.1, 0.15) is 5.82 Å². The molecule has 6 heteroatoms. The number of aromatic nitrogens is 3. The highest BCUT2D eigenvalue weighted by Crippen LogP contribution is 2.37. The van der Waals surface area contributed by atoms with Gasteiger partial charge in [-0.25, -0.2) is 4.68 Å². The Kier molecular flexibility index (Phi) is 3.87. The van der Waals surface area contributed by atoms with Crippen LogP contribution in [0.4, 0.5) is 0 Å². The molecule has 1 aromatic heterocycles. The molecule has 0 amide bonds. The number of rotatable bonds is 3. The molecule has 4 rings (SSSR count). The average Bonchev–Trinajstić information content (AvgIpc) is 3.13. The first kappa shape index (κ1) is 16.3. The number of fused-ring (bicyclic) bond motifs is 3. The molecule has 0 spiro atoms.